The van der Waals surface area contributed by atoms with Crippen molar-refractivity contribution in [3.05, 3.63) is 107 Å². The molecule has 5 heterocycles. The van der Waals surface area contributed by atoms with E-state index in [-0.39, 0.29) is 46.6 Å². The molecule has 1 aliphatic carbocycles. The highest BCUT2D eigenvalue weighted by molar-refractivity contribution is 7.90. The number of H-pyrrole nitrogens is 2. The van der Waals surface area contributed by atoms with Crippen molar-refractivity contribution in [2.45, 2.75) is 41.6 Å². The summed E-state index contributed by atoms with van der Waals surface area (Å²) >= 11 is 0. The van der Waals surface area contributed by atoms with Crippen molar-refractivity contribution >= 4 is 64.4 Å². The SMILES string of the molecule is COc1ccc2[nH]ccc2c1S(=O)(=O)NCC(c1cn(C)c2c1C=C(c1ccc3c([C@@H](CNS(=O)(=O)c4ccc5cc[nH]c5c4)N4CCC4)nn(C)c3c1)C(C)C2)N(C)C. The van der Waals surface area contributed by atoms with E-state index in [1.807, 2.05) is 44.0 Å². The fourth-order valence-corrected chi connectivity index (χ4v) is 11.5. The number of benzene rings is 3. The number of hydrogen-bond donors (Lipinski definition) is 4. The number of aryl methyl sites for hydroxylation is 2. The number of rotatable bonds is 14. The van der Waals surface area contributed by atoms with Gasteiger partial charge in [-0.25, -0.2) is 26.3 Å². The van der Waals surface area contributed by atoms with Gasteiger partial charge in [-0.3, -0.25) is 9.58 Å². The molecule has 0 radical (unpaired) electrons. The molecule has 4 aromatic heterocycles. The lowest BCUT2D eigenvalue weighted by Crippen LogP contribution is -2.45. The first kappa shape index (κ1) is 40.2. The number of nitrogens with zero attached hydrogens (tertiary/aromatic N) is 5. The molecule has 60 heavy (non-hydrogen) atoms. The summed E-state index contributed by atoms with van der Waals surface area (Å²) in [4.78, 5) is 10.9. The Balaban J connectivity index is 1.01. The average Bonchev–Trinajstić information content (AvgIpc) is 4.00. The van der Waals surface area contributed by atoms with Crippen LogP contribution in [-0.2, 0) is 40.6 Å². The van der Waals surface area contributed by atoms with Crippen LogP contribution in [0.15, 0.2) is 89.0 Å². The predicted octanol–water partition coefficient (Wildman–Crippen LogP) is 5.92. The zero-order valence-electron chi connectivity index (χ0n) is 34.7. The second-order valence-electron chi connectivity index (χ2n) is 16.4. The topological polar surface area (TPSA) is 162 Å². The molecule has 3 atom stereocenters. The Bertz CT molecular complexity index is 3030. The van der Waals surface area contributed by atoms with Crippen LogP contribution in [0.5, 0.6) is 5.75 Å². The Hall–Kier alpha value is -5.23. The molecule has 2 aliphatic rings. The van der Waals surface area contributed by atoms with E-state index < -0.39 is 20.0 Å². The highest BCUT2D eigenvalue weighted by Crippen LogP contribution is 2.41. The lowest BCUT2D eigenvalue weighted by molar-refractivity contribution is 0.117. The third kappa shape index (κ3) is 7.04. The number of fused-ring (bicyclic) bond motifs is 4. The summed E-state index contributed by atoms with van der Waals surface area (Å²) in [5.74, 6) is 0.498. The van der Waals surface area contributed by atoms with Gasteiger partial charge in [0.1, 0.15) is 10.6 Å². The number of likely N-dealkylation sites (tertiary alicyclic amines) is 1. The molecular weight excluding hydrogens is 799 g/mol. The van der Waals surface area contributed by atoms with Crippen molar-refractivity contribution in [1.29, 1.82) is 0 Å². The lowest BCUT2D eigenvalue weighted by Gasteiger charge is -2.37. The molecule has 3 aromatic carbocycles. The van der Waals surface area contributed by atoms with Crippen LogP contribution < -0.4 is 14.2 Å². The van der Waals surface area contributed by atoms with Gasteiger partial charge in [-0.05, 0) is 103 Å². The number of methoxy groups -OCH3 is 1. The van der Waals surface area contributed by atoms with E-state index in [2.05, 4.69) is 78.2 Å². The third-order valence-corrected chi connectivity index (χ3v) is 15.4. The molecule has 2 unspecified atom stereocenters. The molecule has 9 rings (SSSR count). The molecule has 7 aromatic rings. The van der Waals surface area contributed by atoms with E-state index in [4.69, 9.17) is 9.84 Å². The van der Waals surface area contributed by atoms with Crippen LogP contribution >= 0.6 is 0 Å². The number of aromatic amines is 2. The molecule has 4 N–H and O–H groups in total. The van der Waals surface area contributed by atoms with Gasteiger partial charge in [-0.2, -0.15) is 5.10 Å². The monoisotopic (exact) mass is 849 g/mol. The highest BCUT2D eigenvalue weighted by atomic mass is 32.2. The molecule has 1 fully saturated rings. The number of nitrogens with one attached hydrogen (secondary N) is 4. The van der Waals surface area contributed by atoms with Gasteiger partial charge in [0, 0.05) is 98.0 Å². The fraction of sp³-hybridized carbons (Fsp3) is 0.341. The molecule has 0 saturated carbocycles. The Kier molecular flexibility index (Phi) is 10.3. The number of ether oxygens (including phenoxy) is 1. The first-order valence-electron chi connectivity index (χ1n) is 20.2. The van der Waals surface area contributed by atoms with Crippen molar-refractivity contribution in [3.8, 4) is 5.75 Å². The number of allylic oxidation sites excluding steroid dienone is 1. The van der Waals surface area contributed by atoms with Crippen LogP contribution in [0.2, 0.25) is 0 Å². The van der Waals surface area contributed by atoms with E-state index in [0.29, 0.717) is 10.9 Å². The fourth-order valence-electron chi connectivity index (χ4n) is 9.05. The largest absolute Gasteiger partial charge is 0.495 e. The number of likely N-dealkylation sites (N-methyl/N-ethyl adjacent to an activating group) is 1. The van der Waals surface area contributed by atoms with Gasteiger partial charge >= 0.3 is 0 Å². The summed E-state index contributed by atoms with van der Waals surface area (Å²) in [6.07, 6.45) is 9.80. The van der Waals surface area contributed by atoms with Crippen LogP contribution in [0, 0.1) is 5.92 Å². The van der Waals surface area contributed by atoms with Crippen molar-refractivity contribution in [1.82, 2.24) is 43.6 Å². The molecule has 0 bridgehead atoms. The maximum absolute atomic E-state index is 14.0. The maximum atomic E-state index is 14.0. The molecule has 0 spiro atoms. The summed E-state index contributed by atoms with van der Waals surface area (Å²) in [5, 5.41) is 7.54. The van der Waals surface area contributed by atoms with Gasteiger partial charge < -0.3 is 24.2 Å². The molecule has 314 valence electrons. The van der Waals surface area contributed by atoms with Gasteiger partial charge in [-0.15, -0.1) is 0 Å². The Morgan fingerprint density at radius 2 is 1.67 bits per heavy atom. The smallest absolute Gasteiger partial charge is 0.244 e. The summed E-state index contributed by atoms with van der Waals surface area (Å²) in [6, 6.07) is 18.2. The van der Waals surface area contributed by atoms with Crippen LogP contribution in [0.25, 0.3) is 44.4 Å². The summed E-state index contributed by atoms with van der Waals surface area (Å²) in [5.41, 5.74) is 8.90. The van der Waals surface area contributed by atoms with Crippen molar-refractivity contribution in [2.24, 2.45) is 20.0 Å². The summed E-state index contributed by atoms with van der Waals surface area (Å²) < 4.78 is 70.5. The summed E-state index contributed by atoms with van der Waals surface area (Å²) in [6.45, 7) is 4.33. The first-order valence-corrected chi connectivity index (χ1v) is 23.2. The normalized spacial score (nSPS) is 17.3. The van der Waals surface area contributed by atoms with Gasteiger partial charge in [0.2, 0.25) is 20.0 Å². The zero-order valence-corrected chi connectivity index (χ0v) is 36.3. The average molecular weight is 850 g/mol. The van der Waals surface area contributed by atoms with Crippen LogP contribution in [-0.4, -0.2) is 98.3 Å². The maximum Gasteiger partial charge on any atom is 0.244 e. The number of hydrogen-bond acceptors (Lipinski definition) is 8. The Morgan fingerprint density at radius 3 is 2.42 bits per heavy atom. The van der Waals surface area contributed by atoms with Crippen LogP contribution in [0.1, 0.15) is 53.5 Å². The first-order chi connectivity index (χ1) is 28.7. The molecule has 14 nitrogen and oxygen atoms in total. The van der Waals surface area contributed by atoms with Crippen LogP contribution in [0.3, 0.4) is 0 Å². The molecule has 16 heteroatoms. The molecular formula is C44H51N9O5S2. The van der Waals surface area contributed by atoms with Gasteiger partial charge in [-0.1, -0.05) is 25.1 Å². The molecule has 1 saturated heterocycles. The third-order valence-electron chi connectivity index (χ3n) is 12.5. The minimum Gasteiger partial charge on any atom is -0.495 e. The number of aromatic nitrogens is 5. The standard InChI is InChI=1S/C44H51N9O5S2/c1-27-20-38-34(35(26-51(38)4)40(50(2)3)24-48-60(56,57)44-31-15-17-45-36(31)12-13-42(44)58-6)23-33(27)29-9-11-32-39(21-29)52(5)49-43(32)41(53-18-7-19-53)25-47-59(54,55)30-10-8-28-14-16-46-37(28)22-30/h8-17,21-23,26-27,40-41,45-48H,7,18-20,24-25H2,1-6H3/t27?,40?,41-/m1/s1. The van der Waals surface area contributed by atoms with Gasteiger partial charge in [0.05, 0.1) is 29.3 Å². The second kappa shape index (κ2) is 15.3. The zero-order chi connectivity index (χ0) is 42.1. The van der Waals surface area contributed by atoms with Crippen molar-refractivity contribution < 1.29 is 21.6 Å². The van der Waals surface area contributed by atoms with Gasteiger partial charge in [0.25, 0.3) is 0 Å². The van der Waals surface area contributed by atoms with Crippen molar-refractivity contribution in [3.63, 3.8) is 0 Å². The second-order valence-corrected chi connectivity index (χ2v) is 19.8. The van der Waals surface area contributed by atoms with Crippen molar-refractivity contribution in [2.75, 3.05) is 47.4 Å². The Labute approximate surface area is 350 Å². The lowest BCUT2D eigenvalue weighted by atomic mass is 9.82. The van der Waals surface area contributed by atoms with E-state index in [1.54, 1.807) is 36.7 Å². The molecule has 1 aliphatic heterocycles. The minimum absolute atomic E-state index is 0.115. The Morgan fingerprint density at radius 1 is 0.900 bits per heavy atom. The molecule has 0 amide bonds. The van der Waals surface area contributed by atoms with E-state index >= 15 is 0 Å². The van der Waals surface area contributed by atoms with E-state index in [0.717, 1.165) is 70.1 Å². The minimum atomic E-state index is -3.97. The van der Waals surface area contributed by atoms with Gasteiger partial charge in [0.15, 0.2) is 0 Å². The van der Waals surface area contributed by atoms with E-state index in [9.17, 15) is 16.8 Å². The van der Waals surface area contributed by atoms with E-state index in [1.165, 1.54) is 18.4 Å². The number of sulfonamides is 2. The quantitative estimate of drug-likeness (QED) is 0.105. The highest BCUT2D eigenvalue weighted by Gasteiger charge is 2.33. The van der Waals surface area contributed by atoms with Crippen LogP contribution in [0.4, 0.5) is 0 Å². The predicted molar refractivity (Wildman–Crippen MR) is 236 cm³/mol. The summed E-state index contributed by atoms with van der Waals surface area (Å²) in [7, 11) is 1.67.